The lowest BCUT2D eigenvalue weighted by Gasteiger charge is -2.17. The summed E-state index contributed by atoms with van der Waals surface area (Å²) in [7, 11) is 0. The maximum Gasteiger partial charge on any atom is 0.337 e. The van der Waals surface area contributed by atoms with Crippen molar-refractivity contribution in [2.45, 2.75) is 26.8 Å². The number of hydrogen-bond acceptors (Lipinski definition) is 5. The van der Waals surface area contributed by atoms with Gasteiger partial charge in [-0.2, -0.15) is 0 Å². The molecule has 1 unspecified atom stereocenters. The molecular weight excluding hydrogens is 258 g/mol. The van der Waals surface area contributed by atoms with E-state index in [2.05, 4.69) is 10.5 Å². The van der Waals surface area contributed by atoms with Gasteiger partial charge in [0, 0.05) is 5.56 Å². The van der Waals surface area contributed by atoms with E-state index in [-0.39, 0.29) is 17.3 Å². The Morgan fingerprint density at radius 1 is 1.45 bits per heavy atom. The number of aryl methyl sites for hydroxylation is 2. The van der Waals surface area contributed by atoms with Crippen molar-refractivity contribution in [1.29, 1.82) is 0 Å². The zero-order chi connectivity index (χ0) is 14.9. The minimum absolute atomic E-state index is 0.0842. The fourth-order valence-corrected chi connectivity index (χ4v) is 2.29. The number of nitrogens with one attached hydrogen (secondary N) is 1. The van der Waals surface area contributed by atoms with E-state index in [1.54, 1.807) is 12.1 Å². The van der Waals surface area contributed by atoms with E-state index in [9.17, 15) is 4.79 Å². The summed E-state index contributed by atoms with van der Waals surface area (Å²) in [6.07, 6.45) is 0. The average molecular weight is 275 g/mol. The summed E-state index contributed by atoms with van der Waals surface area (Å²) < 4.78 is 5.13. The number of carboxylic acids is 1. The predicted molar refractivity (Wildman–Crippen MR) is 75.8 cm³/mol. The Hall–Kier alpha value is -2.50. The fourth-order valence-electron chi connectivity index (χ4n) is 2.29. The lowest BCUT2D eigenvalue weighted by atomic mass is 10.1. The van der Waals surface area contributed by atoms with Gasteiger partial charge < -0.3 is 20.7 Å². The Labute approximate surface area is 116 Å². The number of rotatable bonds is 4. The van der Waals surface area contributed by atoms with Crippen LogP contribution in [0.25, 0.3) is 0 Å². The fraction of sp³-hybridized carbons (Fsp3) is 0.286. The maximum absolute atomic E-state index is 11.1. The molecule has 4 N–H and O–H groups in total. The number of aromatic nitrogens is 1. The van der Waals surface area contributed by atoms with Gasteiger partial charge in [-0.3, -0.25) is 0 Å². The van der Waals surface area contributed by atoms with Crippen LogP contribution in [-0.2, 0) is 0 Å². The highest BCUT2D eigenvalue weighted by atomic mass is 16.5. The molecule has 1 heterocycles. The molecule has 0 bridgehead atoms. The number of nitrogens with two attached hydrogens (primary N) is 1. The minimum atomic E-state index is -1.05. The number of anilines is 2. The number of carbonyl (C=O) groups is 1. The Kier molecular flexibility index (Phi) is 3.65. The number of para-hydroxylation sites is 1. The molecule has 0 saturated carbocycles. The molecule has 2 rings (SSSR count). The third-order valence-corrected chi connectivity index (χ3v) is 3.23. The Morgan fingerprint density at radius 3 is 2.70 bits per heavy atom. The van der Waals surface area contributed by atoms with Crippen LogP contribution in [0.15, 0.2) is 22.7 Å². The third kappa shape index (κ3) is 2.45. The normalized spacial score (nSPS) is 12.2. The first-order valence-electron chi connectivity index (χ1n) is 6.23. The van der Waals surface area contributed by atoms with Gasteiger partial charge in [0.15, 0.2) is 0 Å². The Morgan fingerprint density at radius 2 is 2.15 bits per heavy atom. The zero-order valence-corrected chi connectivity index (χ0v) is 11.6. The second kappa shape index (κ2) is 5.24. The van der Waals surface area contributed by atoms with E-state index < -0.39 is 5.97 Å². The summed E-state index contributed by atoms with van der Waals surface area (Å²) in [5.74, 6) is -0.313. The van der Waals surface area contributed by atoms with Crippen LogP contribution in [0.3, 0.4) is 0 Å². The molecule has 6 nitrogen and oxygen atoms in total. The highest BCUT2D eigenvalue weighted by molar-refractivity contribution is 5.97. The summed E-state index contributed by atoms with van der Waals surface area (Å²) in [6, 6.07) is 4.79. The Bertz CT molecular complexity index is 630. The molecule has 6 heteroatoms. The van der Waals surface area contributed by atoms with E-state index in [0.29, 0.717) is 5.69 Å². The lowest BCUT2D eigenvalue weighted by Crippen LogP contribution is -2.12. The van der Waals surface area contributed by atoms with Gasteiger partial charge in [-0.05, 0) is 32.9 Å². The highest BCUT2D eigenvalue weighted by Gasteiger charge is 2.18. The largest absolute Gasteiger partial charge is 0.478 e. The number of nitrogens with zero attached hydrogens (tertiary/aromatic N) is 1. The predicted octanol–water partition coefficient (Wildman–Crippen LogP) is 2.74. The van der Waals surface area contributed by atoms with Gasteiger partial charge in [0.25, 0.3) is 0 Å². The molecule has 1 atom stereocenters. The second-order valence-corrected chi connectivity index (χ2v) is 4.68. The van der Waals surface area contributed by atoms with E-state index in [1.165, 1.54) is 6.07 Å². The van der Waals surface area contributed by atoms with E-state index >= 15 is 0 Å². The van der Waals surface area contributed by atoms with Crippen LogP contribution in [0.4, 0.5) is 11.4 Å². The third-order valence-electron chi connectivity index (χ3n) is 3.23. The van der Waals surface area contributed by atoms with Crippen LogP contribution in [0.5, 0.6) is 0 Å². The molecule has 0 fully saturated rings. The monoisotopic (exact) mass is 275 g/mol. The van der Waals surface area contributed by atoms with Crippen molar-refractivity contribution >= 4 is 17.3 Å². The Balaban J connectivity index is 2.31. The topological polar surface area (TPSA) is 101 Å². The van der Waals surface area contributed by atoms with Gasteiger partial charge in [-0.1, -0.05) is 11.2 Å². The van der Waals surface area contributed by atoms with Crippen LogP contribution in [0.1, 0.15) is 40.3 Å². The SMILES string of the molecule is Cc1noc(C)c1C(C)Nc1cccc(C(=O)O)c1N. The molecule has 0 radical (unpaired) electrons. The number of hydrogen-bond donors (Lipinski definition) is 3. The molecule has 0 aliphatic heterocycles. The van der Waals surface area contributed by atoms with E-state index in [0.717, 1.165) is 17.0 Å². The van der Waals surface area contributed by atoms with Crippen molar-refractivity contribution in [3.63, 3.8) is 0 Å². The van der Waals surface area contributed by atoms with Gasteiger partial charge in [0.1, 0.15) is 5.76 Å². The molecule has 0 amide bonds. The molecule has 20 heavy (non-hydrogen) atoms. The molecule has 1 aromatic heterocycles. The van der Waals surface area contributed by atoms with Crippen LogP contribution < -0.4 is 11.1 Å². The number of carboxylic acid groups (broad SMARTS) is 1. The molecular formula is C14H17N3O3. The maximum atomic E-state index is 11.1. The summed E-state index contributed by atoms with van der Waals surface area (Å²) in [5.41, 5.74) is 8.52. The summed E-state index contributed by atoms with van der Waals surface area (Å²) >= 11 is 0. The number of aromatic carboxylic acids is 1. The molecule has 0 saturated heterocycles. The van der Waals surface area contributed by atoms with E-state index in [4.69, 9.17) is 15.4 Å². The first kappa shape index (κ1) is 13.9. The first-order chi connectivity index (χ1) is 9.41. The van der Waals surface area contributed by atoms with Crippen molar-refractivity contribution in [2.24, 2.45) is 0 Å². The van der Waals surface area contributed by atoms with Crippen molar-refractivity contribution < 1.29 is 14.4 Å². The summed E-state index contributed by atoms with van der Waals surface area (Å²) in [6.45, 7) is 5.64. The highest BCUT2D eigenvalue weighted by Crippen LogP contribution is 2.29. The summed E-state index contributed by atoms with van der Waals surface area (Å²) in [4.78, 5) is 11.1. The number of nitrogen functional groups attached to an aromatic ring is 1. The lowest BCUT2D eigenvalue weighted by molar-refractivity contribution is 0.0698. The van der Waals surface area contributed by atoms with Crippen molar-refractivity contribution in [2.75, 3.05) is 11.1 Å². The molecule has 106 valence electrons. The molecule has 0 spiro atoms. The summed E-state index contributed by atoms with van der Waals surface area (Å²) in [5, 5.41) is 16.2. The van der Waals surface area contributed by atoms with Gasteiger partial charge in [0.05, 0.1) is 28.7 Å². The van der Waals surface area contributed by atoms with Gasteiger partial charge in [-0.25, -0.2) is 4.79 Å². The quantitative estimate of drug-likeness (QED) is 0.741. The molecule has 0 aliphatic carbocycles. The van der Waals surface area contributed by atoms with Crippen molar-refractivity contribution in [3.8, 4) is 0 Å². The van der Waals surface area contributed by atoms with Gasteiger partial charge in [0.2, 0.25) is 0 Å². The zero-order valence-electron chi connectivity index (χ0n) is 11.6. The first-order valence-corrected chi connectivity index (χ1v) is 6.23. The van der Waals surface area contributed by atoms with Crippen LogP contribution in [-0.4, -0.2) is 16.2 Å². The number of benzene rings is 1. The molecule has 0 aliphatic rings. The van der Waals surface area contributed by atoms with Crippen molar-refractivity contribution in [1.82, 2.24) is 5.16 Å². The van der Waals surface area contributed by atoms with Crippen LogP contribution in [0, 0.1) is 13.8 Å². The standard InChI is InChI=1S/C14H17N3O3/c1-7(12-8(2)17-20-9(12)3)16-11-6-4-5-10(13(11)15)14(18)19/h4-7,16H,15H2,1-3H3,(H,18,19). The minimum Gasteiger partial charge on any atom is -0.478 e. The van der Waals surface area contributed by atoms with Crippen LogP contribution in [0.2, 0.25) is 0 Å². The molecule has 2 aromatic rings. The van der Waals surface area contributed by atoms with Gasteiger partial charge >= 0.3 is 5.97 Å². The van der Waals surface area contributed by atoms with E-state index in [1.807, 2.05) is 20.8 Å². The van der Waals surface area contributed by atoms with Crippen LogP contribution >= 0.6 is 0 Å². The van der Waals surface area contributed by atoms with Crippen molar-refractivity contribution in [3.05, 3.63) is 40.8 Å². The molecule has 1 aromatic carbocycles. The van der Waals surface area contributed by atoms with Gasteiger partial charge in [-0.15, -0.1) is 0 Å². The smallest absolute Gasteiger partial charge is 0.337 e. The second-order valence-electron chi connectivity index (χ2n) is 4.68. The average Bonchev–Trinajstić information content (AvgIpc) is 2.71.